The molecular weight excluding hydrogens is 290 g/mol. The van der Waals surface area contributed by atoms with E-state index >= 15 is 0 Å². The standard InChI is InChI=1S/C19H23NO3/c1-13-10-20(11-14(2)23-13)12-19(21)17-5-4-16-9-18(22-3)7-6-15(16)8-17/h4-9,13-14H,10-12H2,1-3H3/t13-,14-/m0/s1. The highest BCUT2D eigenvalue weighted by molar-refractivity contribution is 6.01. The lowest BCUT2D eigenvalue weighted by molar-refractivity contribution is -0.0652. The fraction of sp³-hybridized carbons (Fsp3) is 0.421. The third kappa shape index (κ3) is 3.71. The topological polar surface area (TPSA) is 38.8 Å². The Morgan fingerprint density at radius 2 is 1.78 bits per heavy atom. The molecule has 3 rings (SSSR count). The molecule has 0 aromatic heterocycles. The second-order valence-corrected chi connectivity index (χ2v) is 6.30. The predicted molar refractivity (Wildman–Crippen MR) is 91.3 cm³/mol. The first-order chi connectivity index (χ1) is 11.0. The first-order valence-corrected chi connectivity index (χ1v) is 8.04. The monoisotopic (exact) mass is 313 g/mol. The molecule has 0 unspecified atom stereocenters. The number of methoxy groups -OCH3 is 1. The Balaban J connectivity index is 1.75. The van der Waals surface area contributed by atoms with Crippen LogP contribution in [-0.2, 0) is 4.74 Å². The van der Waals surface area contributed by atoms with E-state index in [2.05, 4.69) is 18.7 Å². The van der Waals surface area contributed by atoms with E-state index in [9.17, 15) is 4.79 Å². The summed E-state index contributed by atoms with van der Waals surface area (Å²) >= 11 is 0. The molecule has 1 aliphatic heterocycles. The Hall–Kier alpha value is -1.91. The van der Waals surface area contributed by atoms with Gasteiger partial charge in [-0.2, -0.15) is 0 Å². The van der Waals surface area contributed by atoms with Crippen LogP contribution < -0.4 is 4.74 Å². The van der Waals surface area contributed by atoms with E-state index in [-0.39, 0.29) is 18.0 Å². The summed E-state index contributed by atoms with van der Waals surface area (Å²) in [4.78, 5) is 14.8. The van der Waals surface area contributed by atoms with Gasteiger partial charge < -0.3 is 9.47 Å². The number of nitrogens with zero attached hydrogens (tertiary/aromatic N) is 1. The molecule has 0 aliphatic carbocycles. The number of benzene rings is 2. The lowest BCUT2D eigenvalue weighted by atomic mass is 10.0. The number of carbonyl (C=O) groups is 1. The van der Waals surface area contributed by atoms with Crippen LogP contribution in [0.1, 0.15) is 24.2 Å². The van der Waals surface area contributed by atoms with E-state index in [1.807, 2.05) is 36.4 Å². The molecule has 122 valence electrons. The molecular formula is C19H23NO3. The summed E-state index contributed by atoms with van der Waals surface area (Å²) in [7, 11) is 1.66. The maximum atomic E-state index is 12.6. The van der Waals surface area contributed by atoms with Crippen LogP contribution in [0.3, 0.4) is 0 Å². The van der Waals surface area contributed by atoms with Gasteiger partial charge in [0, 0.05) is 18.7 Å². The average molecular weight is 313 g/mol. The fourth-order valence-corrected chi connectivity index (χ4v) is 3.23. The molecule has 0 amide bonds. The van der Waals surface area contributed by atoms with Crippen molar-refractivity contribution < 1.29 is 14.3 Å². The van der Waals surface area contributed by atoms with Gasteiger partial charge in [0.05, 0.1) is 25.9 Å². The van der Waals surface area contributed by atoms with Crippen molar-refractivity contribution in [2.24, 2.45) is 0 Å². The number of fused-ring (bicyclic) bond motifs is 1. The zero-order chi connectivity index (χ0) is 16.4. The van der Waals surface area contributed by atoms with Crippen LogP contribution in [-0.4, -0.2) is 49.6 Å². The molecule has 23 heavy (non-hydrogen) atoms. The van der Waals surface area contributed by atoms with E-state index < -0.39 is 0 Å². The molecule has 1 saturated heterocycles. The summed E-state index contributed by atoms with van der Waals surface area (Å²) in [6.07, 6.45) is 0.353. The molecule has 0 spiro atoms. The third-order valence-electron chi connectivity index (χ3n) is 4.23. The van der Waals surface area contributed by atoms with Crippen LogP contribution in [0.25, 0.3) is 10.8 Å². The zero-order valence-corrected chi connectivity index (χ0v) is 13.9. The third-order valence-corrected chi connectivity index (χ3v) is 4.23. The van der Waals surface area contributed by atoms with Gasteiger partial charge in [-0.05, 0) is 42.8 Å². The van der Waals surface area contributed by atoms with Crippen molar-refractivity contribution in [2.45, 2.75) is 26.1 Å². The largest absolute Gasteiger partial charge is 0.497 e. The smallest absolute Gasteiger partial charge is 0.176 e. The van der Waals surface area contributed by atoms with E-state index in [4.69, 9.17) is 9.47 Å². The van der Waals surface area contributed by atoms with E-state index in [1.54, 1.807) is 7.11 Å². The van der Waals surface area contributed by atoms with Crippen molar-refractivity contribution in [2.75, 3.05) is 26.7 Å². The van der Waals surface area contributed by atoms with Gasteiger partial charge in [-0.3, -0.25) is 9.69 Å². The summed E-state index contributed by atoms with van der Waals surface area (Å²) in [6.45, 7) is 6.16. The number of Topliss-reactive ketones (excluding diaryl/α,β-unsaturated/α-hetero) is 1. The molecule has 1 aliphatic rings. The van der Waals surface area contributed by atoms with Gasteiger partial charge in [0.1, 0.15) is 5.75 Å². The van der Waals surface area contributed by atoms with Gasteiger partial charge >= 0.3 is 0 Å². The predicted octanol–water partition coefficient (Wildman–Crippen LogP) is 3.14. The van der Waals surface area contributed by atoms with Crippen molar-refractivity contribution in [3.05, 3.63) is 42.0 Å². The van der Waals surface area contributed by atoms with Gasteiger partial charge in [0.15, 0.2) is 5.78 Å². The van der Waals surface area contributed by atoms with Crippen LogP contribution in [0.2, 0.25) is 0 Å². The van der Waals surface area contributed by atoms with Gasteiger partial charge in [0.25, 0.3) is 0 Å². The second kappa shape index (κ2) is 6.69. The first kappa shape index (κ1) is 16.0. The van der Waals surface area contributed by atoms with E-state index in [1.165, 1.54) is 0 Å². The first-order valence-electron chi connectivity index (χ1n) is 8.04. The van der Waals surface area contributed by atoms with Gasteiger partial charge in [-0.1, -0.05) is 18.2 Å². The van der Waals surface area contributed by atoms with Crippen LogP contribution in [0.4, 0.5) is 0 Å². The summed E-state index contributed by atoms with van der Waals surface area (Å²) < 4.78 is 11.0. The van der Waals surface area contributed by atoms with Crippen LogP contribution in [0, 0.1) is 0 Å². The van der Waals surface area contributed by atoms with Crippen molar-refractivity contribution in [1.82, 2.24) is 4.90 Å². The molecule has 1 fully saturated rings. The van der Waals surface area contributed by atoms with Gasteiger partial charge in [-0.25, -0.2) is 0 Å². The molecule has 4 nitrogen and oxygen atoms in total. The maximum Gasteiger partial charge on any atom is 0.176 e. The maximum absolute atomic E-state index is 12.6. The van der Waals surface area contributed by atoms with E-state index in [0.29, 0.717) is 6.54 Å². The minimum atomic E-state index is 0.156. The second-order valence-electron chi connectivity index (χ2n) is 6.30. The molecule has 0 saturated carbocycles. The molecule has 0 bridgehead atoms. The van der Waals surface area contributed by atoms with Crippen LogP contribution in [0.15, 0.2) is 36.4 Å². The Morgan fingerprint density at radius 3 is 2.48 bits per heavy atom. The lowest BCUT2D eigenvalue weighted by Crippen LogP contribution is -2.47. The molecule has 2 aromatic rings. The molecule has 2 atom stereocenters. The molecule has 4 heteroatoms. The highest BCUT2D eigenvalue weighted by Gasteiger charge is 2.24. The SMILES string of the molecule is COc1ccc2cc(C(=O)CN3C[C@H](C)O[C@@H](C)C3)ccc2c1. The molecule has 0 N–H and O–H groups in total. The number of hydrogen-bond donors (Lipinski definition) is 0. The van der Waals surface area contributed by atoms with E-state index in [0.717, 1.165) is 35.2 Å². The minimum Gasteiger partial charge on any atom is -0.497 e. The summed E-state index contributed by atoms with van der Waals surface area (Å²) in [5, 5.41) is 2.13. The fourth-order valence-electron chi connectivity index (χ4n) is 3.23. The van der Waals surface area contributed by atoms with Gasteiger partial charge in [0.2, 0.25) is 0 Å². The molecule has 1 heterocycles. The number of ketones is 1. The summed E-state index contributed by atoms with van der Waals surface area (Å²) in [5.74, 6) is 0.983. The zero-order valence-electron chi connectivity index (χ0n) is 13.9. The molecule has 2 aromatic carbocycles. The Bertz CT molecular complexity index is 703. The Labute approximate surface area is 137 Å². The van der Waals surface area contributed by atoms with Crippen molar-refractivity contribution in [3.63, 3.8) is 0 Å². The molecule has 0 radical (unpaired) electrons. The lowest BCUT2D eigenvalue weighted by Gasteiger charge is -2.34. The summed E-state index contributed by atoms with van der Waals surface area (Å²) in [5.41, 5.74) is 0.759. The summed E-state index contributed by atoms with van der Waals surface area (Å²) in [6, 6.07) is 11.7. The normalized spacial score (nSPS) is 22.2. The number of rotatable bonds is 4. The highest BCUT2D eigenvalue weighted by Crippen LogP contribution is 2.22. The van der Waals surface area contributed by atoms with Crippen LogP contribution in [0.5, 0.6) is 5.75 Å². The van der Waals surface area contributed by atoms with Crippen molar-refractivity contribution in [1.29, 1.82) is 0 Å². The Morgan fingerprint density at radius 1 is 1.13 bits per heavy atom. The quantitative estimate of drug-likeness (QED) is 0.813. The number of ether oxygens (including phenoxy) is 2. The van der Waals surface area contributed by atoms with Crippen molar-refractivity contribution >= 4 is 16.6 Å². The van der Waals surface area contributed by atoms with Crippen molar-refractivity contribution in [3.8, 4) is 5.75 Å². The van der Waals surface area contributed by atoms with Gasteiger partial charge in [-0.15, -0.1) is 0 Å². The number of carbonyl (C=O) groups excluding carboxylic acids is 1. The highest BCUT2D eigenvalue weighted by atomic mass is 16.5. The average Bonchev–Trinajstić information content (AvgIpc) is 2.52. The number of morpholine rings is 1. The number of hydrogen-bond acceptors (Lipinski definition) is 4. The van der Waals surface area contributed by atoms with Crippen LogP contribution >= 0.6 is 0 Å². The minimum absolute atomic E-state index is 0.156. The Kier molecular flexibility index (Phi) is 4.64.